The van der Waals surface area contributed by atoms with E-state index in [4.69, 9.17) is 10.2 Å². The number of imide groups is 1. The quantitative estimate of drug-likeness (QED) is 0.679. The lowest BCUT2D eigenvalue weighted by Gasteiger charge is -2.29. The minimum absolute atomic E-state index is 0.0214. The van der Waals surface area contributed by atoms with Crippen molar-refractivity contribution in [1.82, 2.24) is 4.90 Å². The van der Waals surface area contributed by atoms with E-state index in [1.807, 2.05) is 0 Å². The predicted octanol–water partition coefficient (Wildman–Crippen LogP) is 0.520. The summed E-state index contributed by atoms with van der Waals surface area (Å²) in [5.74, 6) is -1.89. The predicted molar refractivity (Wildman–Crippen MR) is 44.8 cm³/mol. The van der Waals surface area contributed by atoms with Gasteiger partial charge in [0.25, 0.3) is 0 Å². The molecular formula is C8H11NO5. The summed E-state index contributed by atoms with van der Waals surface area (Å²) in [7, 11) is 0. The molecule has 6 nitrogen and oxygen atoms in total. The Labute approximate surface area is 80.1 Å². The number of rotatable bonds is 2. The molecular weight excluding hydrogens is 190 g/mol. The van der Waals surface area contributed by atoms with E-state index in [9.17, 15) is 14.4 Å². The van der Waals surface area contributed by atoms with Crippen molar-refractivity contribution >= 4 is 18.0 Å². The Hall–Kier alpha value is -1.59. The number of nitrogens with zero attached hydrogens (tertiary/aromatic N) is 1. The van der Waals surface area contributed by atoms with Crippen LogP contribution in [0.3, 0.4) is 0 Å². The summed E-state index contributed by atoms with van der Waals surface area (Å²) in [6.45, 7) is 1.56. The van der Waals surface area contributed by atoms with Gasteiger partial charge in [0.15, 0.2) is 5.54 Å². The maximum atomic E-state index is 11.2. The normalized spacial score (nSPS) is 26.6. The standard InChI is InChI=1S/C8H11NO5/c1-2-8(6(11)12)4-3-5(10)9(8)7(13)14/h2-4H2,1H3,(H,11,12)(H,13,14)/t8-/m1/s1. The summed E-state index contributed by atoms with van der Waals surface area (Å²) >= 11 is 0. The van der Waals surface area contributed by atoms with Gasteiger partial charge in [-0.2, -0.15) is 0 Å². The third-order valence-electron chi connectivity index (χ3n) is 2.60. The van der Waals surface area contributed by atoms with Crippen LogP contribution in [-0.2, 0) is 9.59 Å². The Morgan fingerprint density at radius 1 is 1.50 bits per heavy atom. The molecule has 0 aromatic carbocycles. The largest absolute Gasteiger partial charge is 0.479 e. The molecule has 2 amide bonds. The molecule has 0 unspecified atom stereocenters. The van der Waals surface area contributed by atoms with Gasteiger partial charge >= 0.3 is 12.1 Å². The lowest BCUT2D eigenvalue weighted by Crippen LogP contribution is -2.53. The fourth-order valence-electron chi connectivity index (χ4n) is 1.75. The smallest absolute Gasteiger partial charge is 0.415 e. The van der Waals surface area contributed by atoms with Crippen molar-refractivity contribution in [2.75, 3.05) is 0 Å². The fourth-order valence-corrected chi connectivity index (χ4v) is 1.75. The monoisotopic (exact) mass is 201 g/mol. The number of aliphatic carboxylic acids is 1. The minimum Gasteiger partial charge on any atom is -0.479 e. The highest BCUT2D eigenvalue weighted by molar-refractivity contribution is 6.00. The van der Waals surface area contributed by atoms with Gasteiger partial charge < -0.3 is 10.2 Å². The van der Waals surface area contributed by atoms with E-state index < -0.39 is 23.5 Å². The number of carbonyl (C=O) groups excluding carboxylic acids is 1. The average Bonchev–Trinajstić information content (AvgIpc) is 2.43. The van der Waals surface area contributed by atoms with Crippen molar-refractivity contribution in [2.24, 2.45) is 0 Å². The Balaban J connectivity index is 3.13. The van der Waals surface area contributed by atoms with Crippen LogP contribution in [0.15, 0.2) is 0 Å². The van der Waals surface area contributed by atoms with Gasteiger partial charge in [-0.25, -0.2) is 14.5 Å². The Morgan fingerprint density at radius 2 is 2.07 bits per heavy atom. The van der Waals surface area contributed by atoms with E-state index in [0.717, 1.165) is 0 Å². The molecule has 0 radical (unpaired) electrons. The van der Waals surface area contributed by atoms with Crippen molar-refractivity contribution in [1.29, 1.82) is 0 Å². The van der Waals surface area contributed by atoms with Crippen molar-refractivity contribution in [3.05, 3.63) is 0 Å². The zero-order chi connectivity index (χ0) is 10.9. The Morgan fingerprint density at radius 3 is 2.36 bits per heavy atom. The molecule has 2 N–H and O–H groups in total. The molecule has 14 heavy (non-hydrogen) atoms. The number of carboxylic acids is 1. The van der Waals surface area contributed by atoms with Crippen LogP contribution in [0.5, 0.6) is 0 Å². The summed E-state index contributed by atoms with van der Waals surface area (Å²) in [5.41, 5.74) is -1.55. The van der Waals surface area contributed by atoms with Crippen LogP contribution in [-0.4, -0.2) is 38.6 Å². The van der Waals surface area contributed by atoms with Gasteiger partial charge in [0, 0.05) is 6.42 Å². The molecule has 0 spiro atoms. The van der Waals surface area contributed by atoms with Crippen LogP contribution in [0, 0.1) is 0 Å². The van der Waals surface area contributed by atoms with Crippen LogP contribution in [0.4, 0.5) is 4.79 Å². The summed E-state index contributed by atoms with van der Waals surface area (Å²) in [6, 6.07) is 0. The molecule has 0 aliphatic carbocycles. The average molecular weight is 201 g/mol. The van der Waals surface area contributed by atoms with Gasteiger partial charge in [-0.3, -0.25) is 4.79 Å². The minimum atomic E-state index is -1.55. The summed E-state index contributed by atoms with van der Waals surface area (Å²) in [4.78, 5) is 33.3. The summed E-state index contributed by atoms with van der Waals surface area (Å²) in [5, 5.41) is 17.7. The maximum absolute atomic E-state index is 11.2. The molecule has 1 aliphatic rings. The topological polar surface area (TPSA) is 94.9 Å². The molecule has 1 fully saturated rings. The molecule has 78 valence electrons. The second kappa shape index (κ2) is 3.28. The lowest BCUT2D eigenvalue weighted by atomic mass is 9.93. The molecule has 1 heterocycles. The van der Waals surface area contributed by atoms with Gasteiger partial charge in [-0.1, -0.05) is 6.92 Å². The van der Waals surface area contributed by atoms with Crippen LogP contribution in [0.2, 0.25) is 0 Å². The lowest BCUT2D eigenvalue weighted by molar-refractivity contribution is -0.152. The molecule has 1 aliphatic heterocycles. The maximum Gasteiger partial charge on any atom is 0.415 e. The van der Waals surface area contributed by atoms with Crippen molar-refractivity contribution < 1.29 is 24.6 Å². The van der Waals surface area contributed by atoms with E-state index in [-0.39, 0.29) is 19.3 Å². The first-order valence-corrected chi connectivity index (χ1v) is 4.25. The number of hydrogen-bond acceptors (Lipinski definition) is 3. The molecule has 1 atom stereocenters. The number of hydrogen-bond donors (Lipinski definition) is 2. The third kappa shape index (κ3) is 1.23. The molecule has 1 saturated heterocycles. The van der Waals surface area contributed by atoms with Crippen LogP contribution < -0.4 is 0 Å². The van der Waals surface area contributed by atoms with Gasteiger partial charge in [0.05, 0.1) is 0 Å². The second-order valence-electron chi connectivity index (χ2n) is 3.20. The number of amides is 2. The van der Waals surface area contributed by atoms with Crippen LogP contribution in [0.25, 0.3) is 0 Å². The molecule has 0 aromatic heterocycles. The molecule has 0 saturated carbocycles. The third-order valence-corrected chi connectivity index (χ3v) is 2.60. The van der Waals surface area contributed by atoms with Gasteiger partial charge in [0.1, 0.15) is 0 Å². The number of carbonyl (C=O) groups is 3. The van der Waals surface area contributed by atoms with E-state index in [1.165, 1.54) is 0 Å². The summed E-state index contributed by atoms with van der Waals surface area (Å²) < 4.78 is 0. The first-order valence-electron chi connectivity index (χ1n) is 4.25. The zero-order valence-corrected chi connectivity index (χ0v) is 7.69. The van der Waals surface area contributed by atoms with Crippen LogP contribution >= 0.6 is 0 Å². The number of likely N-dealkylation sites (tertiary alicyclic amines) is 1. The number of carboxylic acid groups (broad SMARTS) is 2. The van der Waals surface area contributed by atoms with Crippen LogP contribution in [0.1, 0.15) is 26.2 Å². The first kappa shape index (κ1) is 10.5. The van der Waals surface area contributed by atoms with E-state index >= 15 is 0 Å². The van der Waals surface area contributed by atoms with Crippen molar-refractivity contribution in [3.63, 3.8) is 0 Å². The molecule has 1 rings (SSSR count). The first-order chi connectivity index (χ1) is 6.45. The fraction of sp³-hybridized carbons (Fsp3) is 0.625. The van der Waals surface area contributed by atoms with Gasteiger partial charge in [0.2, 0.25) is 5.91 Å². The molecule has 6 heteroatoms. The molecule has 0 bridgehead atoms. The Kier molecular flexibility index (Phi) is 2.46. The second-order valence-corrected chi connectivity index (χ2v) is 3.20. The summed E-state index contributed by atoms with van der Waals surface area (Å²) in [6.07, 6.45) is -1.35. The Bertz CT molecular complexity index is 300. The zero-order valence-electron chi connectivity index (χ0n) is 7.69. The van der Waals surface area contributed by atoms with Crippen molar-refractivity contribution in [3.8, 4) is 0 Å². The van der Waals surface area contributed by atoms with E-state index in [1.54, 1.807) is 6.92 Å². The van der Waals surface area contributed by atoms with Gasteiger partial charge in [-0.05, 0) is 12.8 Å². The highest BCUT2D eigenvalue weighted by Gasteiger charge is 2.53. The SMILES string of the molecule is CC[C@]1(C(=O)O)CCC(=O)N1C(=O)O. The molecule has 0 aromatic rings. The highest BCUT2D eigenvalue weighted by Crippen LogP contribution is 2.33. The van der Waals surface area contributed by atoms with E-state index in [0.29, 0.717) is 4.90 Å². The van der Waals surface area contributed by atoms with Gasteiger partial charge in [-0.15, -0.1) is 0 Å². The highest BCUT2D eigenvalue weighted by atomic mass is 16.4. The van der Waals surface area contributed by atoms with E-state index in [2.05, 4.69) is 0 Å². The van der Waals surface area contributed by atoms with Crippen molar-refractivity contribution in [2.45, 2.75) is 31.7 Å².